The van der Waals surface area contributed by atoms with Crippen LogP contribution in [0.5, 0.6) is 5.88 Å². The number of likely N-dealkylation sites (N-methyl/N-ethyl adjacent to an activating group) is 1. The number of ether oxygens (including phenoxy) is 1. The summed E-state index contributed by atoms with van der Waals surface area (Å²) in [6.07, 6.45) is -4.64. The summed E-state index contributed by atoms with van der Waals surface area (Å²) in [6, 6.07) is 1.17. The number of halogens is 4. The Balaban J connectivity index is 2.66. The lowest BCUT2D eigenvalue weighted by molar-refractivity contribution is -0.145. The summed E-state index contributed by atoms with van der Waals surface area (Å²) in [5.74, 6) is -1.46. The molecule has 1 rings (SSSR count). The van der Waals surface area contributed by atoms with Crippen molar-refractivity contribution in [2.24, 2.45) is 0 Å². The highest BCUT2D eigenvalue weighted by Gasteiger charge is 2.35. The van der Waals surface area contributed by atoms with Crippen molar-refractivity contribution >= 4 is 11.6 Å². The molecular weight excluding hydrogens is 283 g/mol. The van der Waals surface area contributed by atoms with Gasteiger partial charge in [-0.2, -0.15) is 18.2 Å². The smallest absolute Gasteiger partial charge is 0.451 e. The number of rotatable bonds is 6. The number of aromatic nitrogens is 2. The molecule has 1 aromatic rings. The Kier molecular flexibility index (Phi) is 5.81. The summed E-state index contributed by atoms with van der Waals surface area (Å²) in [6.45, 7) is 6.53. The molecule has 0 fully saturated rings. The van der Waals surface area contributed by atoms with E-state index >= 15 is 0 Å². The normalized spacial score (nSPS) is 11.9. The van der Waals surface area contributed by atoms with Gasteiger partial charge in [0, 0.05) is 12.6 Å². The molecule has 1 heterocycles. The Morgan fingerprint density at radius 2 is 1.89 bits per heavy atom. The van der Waals surface area contributed by atoms with Gasteiger partial charge in [-0.15, -0.1) is 0 Å². The molecule has 0 atom stereocenters. The number of nitrogens with zero attached hydrogens (tertiary/aromatic N) is 3. The van der Waals surface area contributed by atoms with Gasteiger partial charge in [0.2, 0.25) is 11.7 Å². The van der Waals surface area contributed by atoms with Gasteiger partial charge in [0.1, 0.15) is 11.8 Å². The zero-order valence-electron chi connectivity index (χ0n) is 10.7. The molecule has 0 saturated carbocycles. The van der Waals surface area contributed by atoms with E-state index in [-0.39, 0.29) is 17.6 Å². The first-order valence-corrected chi connectivity index (χ1v) is 6.21. The molecule has 0 bridgehead atoms. The van der Waals surface area contributed by atoms with Gasteiger partial charge in [0.15, 0.2) is 0 Å². The van der Waals surface area contributed by atoms with Crippen molar-refractivity contribution in [3.63, 3.8) is 0 Å². The van der Waals surface area contributed by atoms with Gasteiger partial charge in [-0.25, -0.2) is 4.98 Å². The highest BCUT2D eigenvalue weighted by atomic mass is 35.5. The molecular formula is C11H15ClF3N3O. The minimum atomic E-state index is -4.64. The topological polar surface area (TPSA) is 38.2 Å². The second-order valence-electron chi connectivity index (χ2n) is 3.73. The van der Waals surface area contributed by atoms with Crippen molar-refractivity contribution in [2.45, 2.75) is 20.0 Å². The predicted molar refractivity (Wildman–Crippen MR) is 65.3 cm³/mol. The highest BCUT2D eigenvalue weighted by Crippen LogP contribution is 2.28. The zero-order chi connectivity index (χ0) is 14.5. The molecule has 0 unspecified atom stereocenters. The maximum Gasteiger partial charge on any atom is 0.451 e. The Bertz CT molecular complexity index is 411. The molecule has 108 valence electrons. The third-order valence-electron chi connectivity index (χ3n) is 2.48. The van der Waals surface area contributed by atoms with E-state index in [0.29, 0.717) is 6.54 Å². The monoisotopic (exact) mass is 297 g/mol. The highest BCUT2D eigenvalue weighted by molar-refractivity contribution is 6.29. The SMILES string of the molecule is CCN(CC)CCOc1cc(Cl)nc(C(F)(F)F)n1. The third-order valence-corrected chi connectivity index (χ3v) is 2.67. The van der Waals surface area contributed by atoms with Crippen LogP contribution in [0, 0.1) is 0 Å². The minimum Gasteiger partial charge on any atom is -0.476 e. The first kappa shape index (κ1) is 16.0. The van der Waals surface area contributed by atoms with Gasteiger partial charge in [-0.1, -0.05) is 25.4 Å². The second kappa shape index (κ2) is 6.91. The quantitative estimate of drug-likeness (QED) is 0.757. The molecule has 0 spiro atoms. The Labute approximate surface area is 114 Å². The van der Waals surface area contributed by atoms with Gasteiger partial charge in [0.05, 0.1) is 0 Å². The van der Waals surface area contributed by atoms with E-state index in [2.05, 4.69) is 14.9 Å². The standard InChI is InChI=1S/C11H15ClF3N3O/c1-3-18(4-2)5-6-19-9-7-8(12)16-10(17-9)11(13,14)15/h7H,3-6H2,1-2H3. The van der Waals surface area contributed by atoms with Crippen LogP contribution < -0.4 is 4.74 Å². The average molecular weight is 298 g/mol. The van der Waals surface area contributed by atoms with Gasteiger partial charge in [-0.05, 0) is 13.1 Å². The van der Waals surface area contributed by atoms with Crippen LogP contribution in [0.25, 0.3) is 0 Å². The van der Waals surface area contributed by atoms with E-state index in [1.807, 2.05) is 13.8 Å². The van der Waals surface area contributed by atoms with E-state index in [1.54, 1.807) is 0 Å². The molecule has 4 nitrogen and oxygen atoms in total. The molecule has 1 aromatic heterocycles. The summed E-state index contributed by atoms with van der Waals surface area (Å²) in [5, 5.41) is -0.292. The summed E-state index contributed by atoms with van der Waals surface area (Å²) in [5.41, 5.74) is 0. The van der Waals surface area contributed by atoms with Crippen molar-refractivity contribution in [2.75, 3.05) is 26.2 Å². The summed E-state index contributed by atoms with van der Waals surface area (Å²) < 4.78 is 42.6. The lowest BCUT2D eigenvalue weighted by atomic mass is 10.5. The van der Waals surface area contributed by atoms with Crippen LogP contribution in [-0.2, 0) is 6.18 Å². The third kappa shape index (κ3) is 5.20. The lowest BCUT2D eigenvalue weighted by Crippen LogP contribution is -2.28. The minimum absolute atomic E-state index is 0.167. The van der Waals surface area contributed by atoms with E-state index in [1.165, 1.54) is 6.07 Å². The Morgan fingerprint density at radius 3 is 2.42 bits per heavy atom. The first-order valence-electron chi connectivity index (χ1n) is 5.83. The van der Waals surface area contributed by atoms with Crippen molar-refractivity contribution in [3.8, 4) is 5.88 Å². The fraction of sp³-hybridized carbons (Fsp3) is 0.636. The van der Waals surface area contributed by atoms with E-state index in [0.717, 1.165) is 13.1 Å². The van der Waals surface area contributed by atoms with Crippen molar-refractivity contribution < 1.29 is 17.9 Å². The van der Waals surface area contributed by atoms with Crippen molar-refractivity contribution in [1.29, 1.82) is 0 Å². The van der Waals surface area contributed by atoms with E-state index in [4.69, 9.17) is 16.3 Å². The molecule has 0 amide bonds. The van der Waals surface area contributed by atoms with E-state index in [9.17, 15) is 13.2 Å². The Morgan fingerprint density at radius 1 is 1.26 bits per heavy atom. The predicted octanol–water partition coefficient (Wildman–Crippen LogP) is 2.87. The fourth-order valence-corrected chi connectivity index (χ4v) is 1.59. The largest absolute Gasteiger partial charge is 0.476 e. The van der Waals surface area contributed by atoms with Gasteiger partial charge in [-0.3, -0.25) is 0 Å². The second-order valence-corrected chi connectivity index (χ2v) is 4.11. The average Bonchev–Trinajstić information content (AvgIpc) is 2.33. The fourth-order valence-electron chi connectivity index (χ4n) is 1.42. The molecule has 0 saturated heterocycles. The van der Waals surface area contributed by atoms with Crippen molar-refractivity contribution in [1.82, 2.24) is 14.9 Å². The molecule has 0 aromatic carbocycles. The van der Waals surface area contributed by atoms with Gasteiger partial charge >= 0.3 is 6.18 Å². The summed E-state index contributed by atoms with van der Waals surface area (Å²) >= 11 is 5.51. The number of hydrogen-bond donors (Lipinski definition) is 0. The molecule has 19 heavy (non-hydrogen) atoms. The van der Waals surface area contributed by atoms with E-state index < -0.39 is 12.0 Å². The number of alkyl halides is 3. The maximum atomic E-state index is 12.5. The molecule has 0 N–H and O–H groups in total. The molecule has 0 aliphatic heterocycles. The van der Waals surface area contributed by atoms with Crippen molar-refractivity contribution in [3.05, 3.63) is 17.0 Å². The first-order chi connectivity index (χ1) is 8.86. The van der Waals surface area contributed by atoms with Crippen LogP contribution in [0.2, 0.25) is 5.15 Å². The van der Waals surface area contributed by atoms with Gasteiger partial charge < -0.3 is 9.64 Å². The summed E-state index contributed by atoms with van der Waals surface area (Å²) in [4.78, 5) is 8.49. The summed E-state index contributed by atoms with van der Waals surface area (Å²) in [7, 11) is 0. The molecule has 8 heteroatoms. The maximum absolute atomic E-state index is 12.5. The molecule has 0 aliphatic carbocycles. The lowest BCUT2D eigenvalue weighted by Gasteiger charge is -2.17. The zero-order valence-corrected chi connectivity index (χ0v) is 11.4. The van der Waals surface area contributed by atoms with Crippen LogP contribution in [0.3, 0.4) is 0 Å². The van der Waals surface area contributed by atoms with Gasteiger partial charge in [0.25, 0.3) is 0 Å². The van der Waals surface area contributed by atoms with Crippen LogP contribution in [0.15, 0.2) is 6.07 Å². The Hall–Kier alpha value is -1.08. The van der Waals surface area contributed by atoms with Crippen LogP contribution in [0.4, 0.5) is 13.2 Å². The van der Waals surface area contributed by atoms with Crippen LogP contribution >= 0.6 is 11.6 Å². The molecule has 0 aliphatic rings. The van der Waals surface area contributed by atoms with Crippen LogP contribution in [-0.4, -0.2) is 41.1 Å². The molecule has 0 radical (unpaired) electrons. The number of hydrogen-bond acceptors (Lipinski definition) is 4. The van der Waals surface area contributed by atoms with Crippen LogP contribution in [0.1, 0.15) is 19.7 Å².